The summed E-state index contributed by atoms with van der Waals surface area (Å²) in [5.41, 5.74) is 8.98. The van der Waals surface area contributed by atoms with Gasteiger partial charge in [-0.05, 0) is 12.8 Å². The van der Waals surface area contributed by atoms with E-state index in [1.165, 1.54) is 10.6 Å². The molecule has 2 heterocycles. The molecule has 0 aromatic carbocycles. The summed E-state index contributed by atoms with van der Waals surface area (Å²) in [6.07, 6.45) is 3.87. The van der Waals surface area contributed by atoms with E-state index in [2.05, 4.69) is 15.2 Å². The highest BCUT2D eigenvalue weighted by Crippen LogP contribution is 2.35. The third-order valence-corrected chi connectivity index (χ3v) is 3.23. The molecule has 0 bridgehead atoms. The van der Waals surface area contributed by atoms with E-state index >= 15 is 0 Å². The van der Waals surface area contributed by atoms with Gasteiger partial charge in [-0.1, -0.05) is 0 Å². The van der Waals surface area contributed by atoms with Gasteiger partial charge in [-0.15, -0.1) is 11.3 Å². The molecule has 2 aromatic heterocycles. The number of nitrogens with one attached hydrogen (secondary N) is 1. The van der Waals surface area contributed by atoms with E-state index in [9.17, 15) is 0 Å². The number of H-pyrrole nitrogens is 1. The number of nitrogens with zero attached hydrogens (tertiary/aromatic N) is 2. The van der Waals surface area contributed by atoms with E-state index in [0.717, 1.165) is 24.1 Å². The molecular formula is C8H8N4S. The number of aromatic nitrogens is 3. The summed E-state index contributed by atoms with van der Waals surface area (Å²) >= 11 is 1.58. The van der Waals surface area contributed by atoms with Crippen LogP contribution in [-0.4, -0.2) is 15.2 Å². The lowest BCUT2D eigenvalue weighted by Gasteiger charge is -2.08. The number of aryl methyl sites for hydroxylation is 2. The van der Waals surface area contributed by atoms with Crippen molar-refractivity contribution in [3.8, 4) is 11.3 Å². The van der Waals surface area contributed by atoms with Gasteiger partial charge >= 0.3 is 0 Å². The van der Waals surface area contributed by atoms with Crippen molar-refractivity contribution in [3.05, 3.63) is 16.8 Å². The van der Waals surface area contributed by atoms with Gasteiger partial charge in [0.15, 0.2) is 5.13 Å². The van der Waals surface area contributed by atoms with Crippen LogP contribution in [0.15, 0.2) is 6.20 Å². The molecule has 3 rings (SSSR count). The Hall–Kier alpha value is -1.36. The second-order valence-electron chi connectivity index (χ2n) is 3.09. The van der Waals surface area contributed by atoms with Crippen LogP contribution >= 0.6 is 11.3 Å². The smallest absolute Gasteiger partial charge is 0.180 e. The summed E-state index contributed by atoms with van der Waals surface area (Å²) in [7, 11) is 0. The van der Waals surface area contributed by atoms with Crippen LogP contribution in [0, 0.1) is 0 Å². The molecule has 13 heavy (non-hydrogen) atoms. The maximum Gasteiger partial charge on any atom is 0.180 e. The molecule has 4 nitrogen and oxygen atoms in total. The normalized spacial score (nSPS) is 13.8. The Kier molecular flexibility index (Phi) is 1.26. The molecule has 1 aliphatic carbocycles. The Morgan fingerprint density at radius 3 is 3.31 bits per heavy atom. The molecule has 0 aliphatic heterocycles. The van der Waals surface area contributed by atoms with Crippen LogP contribution in [0.25, 0.3) is 11.3 Å². The topological polar surface area (TPSA) is 67.6 Å². The van der Waals surface area contributed by atoms with Gasteiger partial charge in [-0.25, -0.2) is 4.98 Å². The summed E-state index contributed by atoms with van der Waals surface area (Å²) in [6, 6.07) is 0. The quantitative estimate of drug-likeness (QED) is 0.659. The van der Waals surface area contributed by atoms with Crippen molar-refractivity contribution in [2.45, 2.75) is 12.8 Å². The van der Waals surface area contributed by atoms with Crippen LogP contribution in [-0.2, 0) is 12.8 Å². The fourth-order valence-electron chi connectivity index (χ4n) is 1.70. The highest BCUT2D eigenvalue weighted by Gasteiger charge is 2.21. The van der Waals surface area contributed by atoms with Gasteiger partial charge in [0, 0.05) is 16.1 Å². The maximum absolute atomic E-state index is 5.66. The van der Waals surface area contributed by atoms with E-state index in [4.69, 9.17) is 5.73 Å². The molecule has 3 N–H and O–H groups in total. The van der Waals surface area contributed by atoms with Gasteiger partial charge in [0.1, 0.15) is 0 Å². The molecule has 2 aromatic rings. The first-order valence-corrected chi connectivity index (χ1v) is 4.94. The Morgan fingerprint density at radius 2 is 2.38 bits per heavy atom. The molecule has 1 aliphatic rings. The van der Waals surface area contributed by atoms with Gasteiger partial charge in [0.05, 0.1) is 11.9 Å². The first-order chi connectivity index (χ1) is 6.34. The van der Waals surface area contributed by atoms with Gasteiger partial charge < -0.3 is 5.73 Å². The summed E-state index contributed by atoms with van der Waals surface area (Å²) in [6.45, 7) is 0. The van der Waals surface area contributed by atoms with Gasteiger partial charge in [-0.2, -0.15) is 5.10 Å². The third-order valence-electron chi connectivity index (χ3n) is 2.29. The molecule has 0 saturated heterocycles. The van der Waals surface area contributed by atoms with E-state index in [0.29, 0.717) is 5.13 Å². The summed E-state index contributed by atoms with van der Waals surface area (Å²) < 4.78 is 0. The fraction of sp³-hybridized carbons (Fsp3) is 0.250. The van der Waals surface area contributed by atoms with Crippen LogP contribution in [0.2, 0.25) is 0 Å². The van der Waals surface area contributed by atoms with Crippen LogP contribution in [0.1, 0.15) is 10.6 Å². The monoisotopic (exact) mass is 192 g/mol. The third kappa shape index (κ3) is 0.904. The Morgan fingerprint density at radius 1 is 1.46 bits per heavy atom. The van der Waals surface area contributed by atoms with Crippen molar-refractivity contribution in [1.82, 2.24) is 15.2 Å². The predicted octanol–water partition coefficient (Wildman–Crippen LogP) is 1.21. The number of hydrogen-bond acceptors (Lipinski definition) is 4. The standard InChI is InChI=1S/C8H8N4S/c9-8-11-7-4-3-10-12-5(4)1-2-6(7)13-8/h3H,1-2H2,(H2,9,11)(H,10,12). The van der Waals surface area contributed by atoms with Crippen molar-refractivity contribution < 1.29 is 0 Å². The summed E-state index contributed by atoms with van der Waals surface area (Å²) in [5.74, 6) is 0. The van der Waals surface area contributed by atoms with Crippen LogP contribution in [0.4, 0.5) is 5.13 Å². The summed E-state index contributed by atoms with van der Waals surface area (Å²) in [5, 5.41) is 7.64. The number of thiazole rings is 1. The average Bonchev–Trinajstić information content (AvgIpc) is 2.65. The van der Waals surface area contributed by atoms with Crippen molar-refractivity contribution >= 4 is 16.5 Å². The number of anilines is 1. The molecule has 0 spiro atoms. The molecular weight excluding hydrogens is 184 g/mol. The number of hydrogen-bond donors (Lipinski definition) is 2. The van der Waals surface area contributed by atoms with E-state index in [1.54, 1.807) is 11.3 Å². The SMILES string of the molecule is Nc1nc2c(s1)CCc1[nH]ncc1-2. The Balaban J connectivity index is 2.29. The maximum atomic E-state index is 5.66. The molecule has 66 valence electrons. The van der Waals surface area contributed by atoms with Crippen LogP contribution in [0.5, 0.6) is 0 Å². The molecule has 0 amide bonds. The van der Waals surface area contributed by atoms with Crippen molar-refractivity contribution in [1.29, 1.82) is 0 Å². The lowest BCUT2D eigenvalue weighted by molar-refractivity contribution is 0.891. The van der Waals surface area contributed by atoms with E-state index < -0.39 is 0 Å². The van der Waals surface area contributed by atoms with Gasteiger partial charge in [0.2, 0.25) is 0 Å². The average molecular weight is 192 g/mol. The molecule has 0 atom stereocenters. The number of nitrogens with two attached hydrogens (primary N) is 1. The lowest BCUT2D eigenvalue weighted by Crippen LogP contribution is -2.00. The second kappa shape index (κ2) is 2.32. The van der Waals surface area contributed by atoms with Crippen LogP contribution in [0.3, 0.4) is 0 Å². The minimum absolute atomic E-state index is 0.652. The zero-order chi connectivity index (χ0) is 8.84. The zero-order valence-corrected chi connectivity index (χ0v) is 7.69. The van der Waals surface area contributed by atoms with Crippen LogP contribution < -0.4 is 5.73 Å². The Labute approximate surface area is 78.8 Å². The number of aromatic amines is 1. The molecule has 0 unspecified atom stereocenters. The molecule has 0 saturated carbocycles. The molecule has 0 radical (unpaired) electrons. The minimum atomic E-state index is 0.652. The molecule has 0 fully saturated rings. The second-order valence-corrected chi connectivity index (χ2v) is 4.20. The van der Waals surface area contributed by atoms with Gasteiger partial charge in [-0.3, -0.25) is 5.10 Å². The van der Waals surface area contributed by atoms with E-state index in [-0.39, 0.29) is 0 Å². The zero-order valence-electron chi connectivity index (χ0n) is 6.87. The lowest BCUT2D eigenvalue weighted by atomic mass is 10.0. The minimum Gasteiger partial charge on any atom is -0.375 e. The first kappa shape index (κ1) is 7.08. The van der Waals surface area contributed by atoms with Crippen molar-refractivity contribution in [3.63, 3.8) is 0 Å². The van der Waals surface area contributed by atoms with Crippen molar-refractivity contribution in [2.75, 3.05) is 5.73 Å². The van der Waals surface area contributed by atoms with Gasteiger partial charge in [0.25, 0.3) is 0 Å². The highest BCUT2D eigenvalue weighted by molar-refractivity contribution is 7.15. The first-order valence-electron chi connectivity index (χ1n) is 4.12. The predicted molar refractivity (Wildman–Crippen MR) is 51.5 cm³/mol. The highest BCUT2D eigenvalue weighted by atomic mass is 32.1. The van der Waals surface area contributed by atoms with E-state index in [1.807, 2.05) is 6.20 Å². The number of rotatable bonds is 0. The molecule has 5 heteroatoms. The van der Waals surface area contributed by atoms with Crippen molar-refractivity contribution in [2.24, 2.45) is 0 Å². The summed E-state index contributed by atoms with van der Waals surface area (Å²) in [4.78, 5) is 5.58. The number of nitrogen functional groups attached to an aromatic ring is 1. The number of fused-ring (bicyclic) bond motifs is 3. The largest absolute Gasteiger partial charge is 0.375 e. The fourth-order valence-corrected chi connectivity index (χ4v) is 2.54. The Bertz CT molecular complexity index is 456.